The highest BCUT2D eigenvalue weighted by Gasteiger charge is 2.13. The van der Waals surface area contributed by atoms with E-state index in [1.165, 1.54) is 0 Å². The van der Waals surface area contributed by atoms with Gasteiger partial charge in [-0.2, -0.15) is 10.5 Å². The van der Waals surface area contributed by atoms with Crippen molar-refractivity contribution in [1.82, 2.24) is 0 Å². The third kappa shape index (κ3) is 2.39. The Morgan fingerprint density at radius 1 is 1.00 bits per heavy atom. The molecule has 0 saturated heterocycles. The lowest BCUT2D eigenvalue weighted by molar-refractivity contribution is 1.03. The fourth-order valence-electron chi connectivity index (χ4n) is 2.00. The minimum absolute atomic E-state index is 0.166. The topological polar surface area (TPSA) is 47.6 Å². The minimum atomic E-state index is 0.166. The lowest BCUT2D eigenvalue weighted by atomic mass is 9.90. The average Bonchev–Trinajstić information content (AvgIpc) is 2.46. The van der Waals surface area contributed by atoms with Crippen molar-refractivity contribution in [3.05, 3.63) is 65.3 Å². The van der Waals surface area contributed by atoms with Gasteiger partial charge < -0.3 is 0 Å². The Kier molecular flexibility index (Phi) is 3.74. The summed E-state index contributed by atoms with van der Waals surface area (Å²) in [7, 11) is 0. The van der Waals surface area contributed by atoms with Gasteiger partial charge in [0.1, 0.15) is 17.7 Å². The van der Waals surface area contributed by atoms with E-state index in [9.17, 15) is 0 Å². The average molecular weight is 232 g/mol. The van der Waals surface area contributed by atoms with Crippen molar-refractivity contribution in [3.63, 3.8) is 0 Å². The molecule has 0 radical (unpaired) electrons. The van der Waals surface area contributed by atoms with Crippen LogP contribution in [0.3, 0.4) is 0 Å². The summed E-state index contributed by atoms with van der Waals surface area (Å²) in [5.74, 6) is 0. The van der Waals surface area contributed by atoms with Gasteiger partial charge in [0.05, 0.1) is 0 Å². The van der Waals surface area contributed by atoms with Crippen LogP contribution in [0.2, 0.25) is 0 Å². The summed E-state index contributed by atoms with van der Waals surface area (Å²) in [5.41, 5.74) is 2.77. The molecule has 18 heavy (non-hydrogen) atoms. The SMILES string of the molecule is N#CC(C#N)=C(C1=CCCC=C1)c1ccccc1. The van der Waals surface area contributed by atoms with Crippen LogP contribution in [0, 0.1) is 22.7 Å². The van der Waals surface area contributed by atoms with Crippen LogP contribution in [0.5, 0.6) is 0 Å². The zero-order valence-electron chi connectivity index (χ0n) is 9.93. The fraction of sp³-hybridized carbons (Fsp3) is 0.125. The van der Waals surface area contributed by atoms with E-state index < -0.39 is 0 Å². The first kappa shape index (κ1) is 11.9. The summed E-state index contributed by atoms with van der Waals surface area (Å²) >= 11 is 0. The predicted octanol–water partition coefficient (Wildman–Crippen LogP) is 3.76. The molecule has 2 nitrogen and oxygen atoms in total. The highest BCUT2D eigenvalue weighted by Crippen LogP contribution is 2.29. The van der Waals surface area contributed by atoms with Crippen molar-refractivity contribution in [2.45, 2.75) is 12.8 Å². The van der Waals surface area contributed by atoms with Gasteiger partial charge in [-0.05, 0) is 24.0 Å². The maximum atomic E-state index is 9.11. The summed E-state index contributed by atoms with van der Waals surface area (Å²) in [6, 6.07) is 13.6. The molecule has 86 valence electrons. The summed E-state index contributed by atoms with van der Waals surface area (Å²) in [6.45, 7) is 0. The van der Waals surface area contributed by atoms with E-state index in [2.05, 4.69) is 12.2 Å². The Morgan fingerprint density at radius 3 is 2.28 bits per heavy atom. The van der Waals surface area contributed by atoms with Crippen molar-refractivity contribution >= 4 is 5.57 Å². The first-order chi connectivity index (χ1) is 8.86. The minimum Gasteiger partial charge on any atom is -0.192 e. The van der Waals surface area contributed by atoms with Gasteiger partial charge in [-0.25, -0.2) is 0 Å². The van der Waals surface area contributed by atoms with Crippen LogP contribution in [-0.4, -0.2) is 0 Å². The molecule has 0 heterocycles. The Balaban J connectivity index is 2.60. The van der Waals surface area contributed by atoms with Crippen molar-refractivity contribution in [1.29, 1.82) is 10.5 Å². The van der Waals surface area contributed by atoms with Crippen molar-refractivity contribution in [3.8, 4) is 12.1 Å². The Morgan fingerprint density at radius 2 is 1.72 bits per heavy atom. The van der Waals surface area contributed by atoms with Gasteiger partial charge in [-0.15, -0.1) is 0 Å². The normalized spacial score (nSPS) is 13.1. The molecule has 0 fully saturated rings. The van der Waals surface area contributed by atoms with Crippen molar-refractivity contribution in [2.75, 3.05) is 0 Å². The third-order valence-corrected chi connectivity index (χ3v) is 2.82. The zero-order chi connectivity index (χ0) is 12.8. The zero-order valence-corrected chi connectivity index (χ0v) is 9.93. The molecule has 2 heteroatoms. The second-order valence-corrected chi connectivity index (χ2v) is 3.98. The van der Waals surface area contributed by atoms with Crippen LogP contribution < -0.4 is 0 Å². The first-order valence-corrected chi connectivity index (χ1v) is 5.84. The molecule has 1 aromatic rings. The molecule has 1 aliphatic rings. The molecule has 0 unspecified atom stereocenters. The van der Waals surface area contributed by atoms with Crippen LogP contribution >= 0.6 is 0 Å². The summed E-state index contributed by atoms with van der Waals surface area (Å²) < 4.78 is 0. The summed E-state index contributed by atoms with van der Waals surface area (Å²) in [4.78, 5) is 0. The number of allylic oxidation sites excluding steroid dienone is 6. The second kappa shape index (κ2) is 5.66. The lowest BCUT2D eigenvalue weighted by Gasteiger charge is -2.12. The van der Waals surface area contributed by atoms with E-state index in [0.717, 1.165) is 29.6 Å². The van der Waals surface area contributed by atoms with Crippen molar-refractivity contribution in [2.24, 2.45) is 0 Å². The van der Waals surface area contributed by atoms with Gasteiger partial charge in [-0.3, -0.25) is 0 Å². The van der Waals surface area contributed by atoms with Crippen LogP contribution in [0.4, 0.5) is 0 Å². The van der Waals surface area contributed by atoms with E-state index in [1.54, 1.807) is 0 Å². The molecule has 0 spiro atoms. The number of benzene rings is 1. The van der Waals surface area contributed by atoms with E-state index in [0.29, 0.717) is 0 Å². The van der Waals surface area contributed by atoms with Crippen LogP contribution in [0.15, 0.2) is 59.7 Å². The van der Waals surface area contributed by atoms with Gasteiger partial charge in [0.15, 0.2) is 0 Å². The second-order valence-electron chi connectivity index (χ2n) is 3.98. The molecule has 0 saturated carbocycles. The molecule has 1 aliphatic carbocycles. The highest BCUT2D eigenvalue weighted by atomic mass is 14.3. The standard InChI is InChI=1S/C16H12N2/c17-11-15(12-18)16(13-7-3-1-4-8-13)14-9-5-2-6-10-14/h1,3-5,7-10H,2,6H2. The molecule has 0 amide bonds. The smallest absolute Gasteiger partial charge is 0.138 e. The number of nitrogens with zero attached hydrogens (tertiary/aromatic N) is 2. The van der Waals surface area contributed by atoms with Crippen LogP contribution in [0.1, 0.15) is 18.4 Å². The number of rotatable bonds is 2. The number of nitriles is 2. The fourth-order valence-corrected chi connectivity index (χ4v) is 2.00. The van der Waals surface area contributed by atoms with Gasteiger partial charge in [0, 0.05) is 5.57 Å². The molecule has 0 N–H and O–H groups in total. The van der Waals surface area contributed by atoms with E-state index in [1.807, 2.05) is 48.5 Å². The quantitative estimate of drug-likeness (QED) is 0.729. The van der Waals surface area contributed by atoms with Gasteiger partial charge in [-0.1, -0.05) is 48.6 Å². The molecule has 1 aromatic carbocycles. The van der Waals surface area contributed by atoms with Gasteiger partial charge >= 0.3 is 0 Å². The van der Waals surface area contributed by atoms with Gasteiger partial charge in [0.2, 0.25) is 0 Å². The summed E-state index contributed by atoms with van der Waals surface area (Å²) in [6.07, 6.45) is 8.11. The van der Waals surface area contributed by atoms with Crippen molar-refractivity contribution < 1.29 is 0 Å². The third-order valence-electron chi connectivity index (χ3n) is 2.82. The van der Waals surface area contributed by atoms with E-state index in [-0.39, 0.29) is 5.57 Å². The Bertz CT molecular complexity index is 589. The molecular weight excluding hydrogens is 220 g/mol. The molecule has 0 aliphatic heterocycles. The molecule has 2 rings (SSSR count). The predicted molar refractivity (Wildman–Crippen MR) is 71.0 cm³/mol. The van der Waals surface area contributed by atoms with E-state index >= 15 is 0 Å². The molecule has 0 atom stereocenters. The highest BCUT2D eigenvalue weighted by molar-refractivity contribution is 5.88. The molecular formula is C16H12N2. The Hall–Kier alpha value is -2.58. The summed E-state index contributed by atoms with van der Waals surface area (Å²) in [5, 5.41) is 18.2. The number of hydrogen-bond donors (Lipinski definition) is 0. The Labute approximate surface area is 107 Å². The largest absolute Gasteiger partial charge is 0.192 e. The lowest BCUT2D eigenvalue weighted by Crippen LogP contribution is -1.94. The van der Waals surface area contributed by atoms with Gasteiger partial charge in [0.25, 0.3) is 0 Å². The first-order valence-electron chi connectivity index (χ1n) is 5.84. The molecule has 0 bridgehead atoms. The maximum absolute atomic E-state index is 9.11. The van der Waals surface area contributed by atoms with E-state index in [4.69, 9.17) is 10.5 Å². The number of hydrogen-bond acceptors (Lipinski definition) is 2. The maximum Gasteiger partial charge on any atom is 0.138 e. The van der Waals surface area contributed by atoms with Crippen LogP contribution in [-0.2, 0) is 0 Å². The molecule has 0 aromatic heterocycles. The monoisotopic (exact) mass is 232 g/mol. The van der Waals surface area contributed by atoms with Crippen LogP contribution in [0.25, 0.3) is 5.57 Å².